The Labute approximate surface area is 162 Å². The second kappa shape index (κ2) is 8.56. The molecule has 1 aromatic rings. The van der Waals surface area contributed by atoms with E-state index in [-0.39, 0.29) is 17.6 Å². The van der Waals surface area contributed by atoms with Crippen molar-refractivity contribution in [1.82, 2.24) is 15.1 Å². The van der Waals surface area contributed by atoms with E-state index < -0.39 is 14.6 Å². The molecule has 1 heterocycles. The van der Waals surface area contributed by atoms with E-state index in [1.165, 1.54) is 12.1 Å². The third-order valence-corrected chi connectivity index (χ3v) is 7.48. The Bertz CT molecular complexity index is 778. The Morgan fingerprint density at radius 3 is 2.67 bits per heavy atom. The zero-order valence-corrected chi connectivity index (χ0v) is 17.7. The summed E-state index contributed by atoms with van der Waals surface area (Å²) in [6.45, 7) is 7.45. The van der Waals surface area contributed by atoms with Crippen molar-refractivity contribution in [2.45, 2.75) is 31.6 Å². The van der Waals surface area contributed by atoms with E-state index in [1.54, 1.807) is 19.9 Å². The number of hydrogen-bond donors (Lipinski definition) is 1. The molecule has 1 unspecified atom stereocenters. The first kappa shape index (κ1) is 21.6. The minimum Gasteiger partial charge on any atom is -0.357 e. The smallest absolute Gasteiger partial charge is 0.194 e. The number of sulfone groups is 1. The first-order valence-corrected chi connectivity index (χ1v) is 10.9. The maximum absolute atomic E-state index is 13.6. The summed E-state index contributed by atoms with van der Waals surface area (Å²) in [7, 11) is 0.769. The number of aliphatic imine (C=N–C) groups is 1. The fourth-order valence-electron chi connectivity index (χ4n) is 3.20. The minimum absolute atomic E-state index is 0.0733. The topological polar surface area (TPSA) is 65.0 Å². The van der Waals surface area contributed by atoms with Gasteiger partial charge in [0.05, 0.1) is 23.1 Å². The average Bonchev–Trinajstić information content (AvgIpc) is 2.56. The van der Waals surface area contributed by atoms with Gasteiger partial charge in [0.15, 0.2) is 15.8 Å². The third-order valence-electron chi connectivity index (χ3n) is 4.95. The van der Waals surface area contributed by atoms with Crippen LogP contribution in [0.15, 0.2) is 29.3 Å². The summed E-state index contributed by atoms with van der Waals surface area (Å²) in [4.78, 5) is 8.76. The van der Waals surface area contributed by atoms with Crippen LogP contribution in [0.25, 0.3) is 0 Å². The molecule has 0 amide bonds. The summed E-state index contributed by atoms with van der Waals surface area (Å²) >= 11 is 0. The van der Waals surface area contributed by atoms with Gasteiger partial charge >= 0.3 is 0 Å². The highest BCUT2D eigenvalue weighted by Crippen LogP contribution is 2.24. The predicted octanol–water partition coefficient (Wildman–Crippen LogP) is 1.90. The predicted molar refractivity (Wildman–Crippen MR) is 108 cm³/mol. The van der Waals surface area contributed by atoms with Gasteiger partial charge in [-0.3, -0.25) is 4.99 Å². The molecule has 0 spiro atoms. The molecule has 0 aromatic heterocycles. The Balaban J connectivity index is 2.23. The van der Waals surface area contributed by atoms with Gasteiger partial charge in [-0.1, -0.05) is 12.1 Å². The number of guanidine groups is 1. The first-order chi connectivity index (χ1) is 12.6. The molecule has 1 aromatic carbocycles. The van der Waals surface area contributed by atoms with Crippen LogP contribution in [-0.2, 0) is 9.84 Å². The van der Waals surface area contributed by atoms with E-state index in [0.717, 1.165) is 5.56 Å². The number of likely N-dealkylation sites (N-methyl/N-ethyl adjacent to an activating group) is 1. The van der Waals surface area contributed by atoms with Crippen LogP contribution < -0.4 is 5.32 Å². The molecule has 0 bridgehead atoms. The molecule has 1 N–H and O–H groups in total. The lowest BCUT2D eigenvalue weighted by Gasteiger charge is -2.39. The van der Waals surface area contributed by atoms with Crippen molar-refractivity contribution >= 4 is 15.8 Å². The number of nitrogens with zero attached hydrogens (tertiary/aromatic N) is 3. The van der Waals surface area contributed by atoms with Gasteiger partial charge in [0, 0.05) is 19.6 Å². The van der Waals surface area contributed by atoms with Crippen molar-refractivity contribution in [2.75, 3.05) is 46.0 Å². The molecule has 27 heavy (non-hydrogen) atoms. The number of hydrogen-bond acceptors (Lipinski definition) is 4. The van der Waals surface area contributed by atoms with Gasteiger partial charge in [0.2, 0.25) is 0 Å². The van der Waals surface area contributed by atoms with Gasteiger partial charge in [-0.2, -0.15) is 0 Å². The molecule has 0 saturated carbocycles. The monoisotopic (exact) mass is 398 g/mol. The van der Waals surface area contributed by atoms with E-state index in [2.05, 4.69) is 5.32 Å². The molecule has 8 heteroatoms. The minimum atomic E-state index is -3.11. The first-order valence-electron chi connectivity index (χ1n) is 9.25. The van der Waals surface area contributed by atoms with Crippen LogP contribution in [0.5, 0.6) is 0 Å². The van der Waals surface area contributed by atoms with Crippen LogP contribution in [0.4, 0.5) is 4.39 Å². The summed E-state index contributed by atoms with van der Waals surface area (Å²) in [6.07, 6.45) is 0. The standard InChI is InChI=1S/C19H31FN4O2S/c1-6-21-18(24-10-11-27(25,26)19(2,3)14-24)22-13-17(23(4)5)15-8-7-9-16(20)12-15/h7-9,12,17H,6,10-11,13-14H2,1-5H3,(H,21,22). The van der Waals surface area contributed by atoms with Gasteiger partial charge in [0.25, 0.3) is 0 Å². The third kappa shape index (κ3) is 5.19. The maximum Gasteiger partial charge on any atom is 0.194 e. The largest absolute Gasteiger partial charge is 0.357 e. The molecule has 0 radical (unpaired) electrons. The van der Waals surface area contributed by atoms with Crippen LogP contribution in [0.3, 0.4) is 0 Å². The lowest BCUT2D eigenvalue weighted by atomic mass is 10.1. The van der Waals surface area contributed by atoms with Crippen LogP contribution in [-0.4, -0.2) is 75.0 Å². The summed E-state index contributed by atoms with van der Waals surface area (Å²) < 4.78 is 37.4. The Morgan fingerprint density at radius 1 is 1.41 bits per heavy atom. The molecule has 1 aliphatic rings. The molecule has 1 saturated heterocycles. The molecular formula is C19H31FN4O2S. The molecule has 1 atom stereocenters. The van der Waals surface area contributed by atoms with E-state index in [1.807, 2.05) is 36.9 Å². The highest BCUT2D eigenvalue weighted by Gasteiger charge is 2.41. The zero-order valence-electron chi connectivity index (χ0n) is 16.9. The van der Waals surface area contributed by atoms with Gasteiger partial charge in [-0.25, -0.2) is 12.8 Å². The van der Waals surface area contributed by atoms with E-state index >= 15 is 0 Å². The second-order valence-corrected chi connectivity index (χ2v) is 10.5. The number of halogens is 1. The highest BCUT2D eigenvalue weighted by molar-refractivity contribution is 7.92. The fraction of sp³-hybridized carbons (Fsp3) is 0.632. The molecule has 0 aliphatic carbocycles. The van der Waals surface area contributed by atoms with Crippen molar-refractivity contribution < 1.29 is 12.8 Å². The summed E-state index contributed by atoms with van der Waals surface area (Å²) in [5.41, 5.74) is 0.862. The lowest BCUT2D eigenvalue weighted by Crippen LogP contribution is -2.57. The Morgan fingerprint density at radius 2 is 2.11 bits per heavy atom. The molecule has 2 rings (SSSR count). The van der Waals surface area contributed by atoms with E-state index in [4.69, 9.17) is 4.99 Å². The summed E-state index contributed by atoms with van der Waals surface area (Å²) in [5, 5.41) is 3.26. The molecule has 6 nitrogen and oxygen atoms in total. The van der Waals surface area contributed by atoms with Crippen LogP contribution in [0.1, 0.15) is 32.4 Å². The SMILES string of the molecule is CCNC(=NCC(c1cccc(F)c1)N(C)C)N1CCS(=O)(=O)C(C)(C)C1. The van der Waals surface area contributed by atoms with Crippen molar-refractivity contribution in [3.05, 3.63) is 35.6 Å². The summed E-state index contributed by atoms with van der Waals surface area (Å²) in [5.74, 6) is 0.549. The van der Waals surface area contributed by atoms with Gasteiger partial charge in [-0.15, -0.1) is 0 Å². The van der Waals surface area contributed by atoms with Gasteiger partial charge < -0.3 is 15.1 Å². The van der Waals surface area contributed by atoms with Crippen molar-refractivity contribution in [2.24, 2.45) is 4.99 Å². The number of nitrogens with one attached hydrogen (secondary N) is 1. The number of rotatable bonds is 5. The zero-order chi connectivity index (χ0) is 20.2. The normalized spacial score (nSPS) is 20.6. The molecule has 152 valence electrons. The van der Waals surface area contributed by atoms with E-state index in [9.17, 15) is 12.8 Å². The fourth-order valence-corrected chi connectivity index (χ4v) is 4.57. The van der Waals surface area contributed by atoms with Crippen LogP contribution in [0.2, 0.25) is 0 Å². The average molecular weight is 399 g/mol. The summed E-state index contributed by atoms with van der Waals surface area (Å²) in [6, 6.07) is 6.49. The Hall–Kier alpha value is -1.67. The van der Waals surface area contributed by atoms with Gasteiger partial charge in [0.1, 0.15) is 5.82 Å². The molecule has 1 fully saturated rings. The maximum atomic E-state index is 13.6. The van der Waals surface area contributed by atoms with Crippen molar-refractivity contribution in [1.29, 1.82) is 0 Å². The van der Waals surface area contributed by atoms with Crippen molar-refractivity contribution in [3.8, 4) is 0 Å². The highest BCUT2D eigenvalue weighted by atomic mass is 32.2. The molecular weight excluding hydrogens is 367 g/mol. The number of benzene rings is 1. The van der Waals surface area contributed by atoms with Crippen molar-refractivity contribution in [3.63, 3.8) is 0 Å². The van der Waals surface area contributed by atoms with Gasteiger partial charge in [-0.05, 0) is 52.6 Å². The second-order valence-electron chi connectivity index (χ2n) is 7.73. The van der Waals surface area contributed by atoms with Crippen LogP contribution in [0, 0.1) is 5.82 Å². The van der Waals surface area contributed by atoms with Crippen LogP contribution >= 0.6 is 0 Å². The quantitative estimate of drug-likeness (QED) is 0.606. The van der Waals surface area contributed by atoms with E-state index in [0.29, 0.717) is 32.1 Å². The lowest BCUT2D eigenvalue weighted by molar-refractivity contribution is 0.302. The Kier molecular flexibility index (Phi) is 6.86. The molecule has 1 aliphatic heterocycles.